The highest BCUT2D eigenvalue weighted by molar-refractivity contribution is 5.93. The molecule has 0 saturated heterocycles. The van der Waals surface area contributed by atoms with E-state index in [4.69, 9.17) is 10.2 Å². The molecular formula is C11H15NO4. The number of likely N-dealkylation sites (N-methyl/N-ethyl adjacent to an activating group) is 1. The molecule has 5 nitrogen and oxygen atoms in total. The number of aliphatic carboxylic acids is 2. The standard InChI is InChI=1S/C11H15NO4/c1-6-4-9(12(2)3)8(11(15)16)5-7(6)10(13)14/h4-7H,1-3H3,(H,13,14)(H,15,16). The number of allylic oxidation sites excluding steroid dienone is 1. The van der Waals surface area contributed by atoms with Gasteiger partial charge in [-0.1, -0.05) is 19.1 Å². The molecule has 2 atom stereocenters. The van der Waals surface area contributed by atoms with Crippen molar-refractivity contribution in [3.63, 3.8) is 0 Å². The van der Waals surface area contributed by atoms with E-state index in [1.54, 1.807) is 32.0 Å². The molecule has 1 rings (SSSR count). The molecule has 0 fully saturated rings. The first kappa shape index (κ1) is 12.3. The maximum absolute atomic E-state index is 11.0. The van der Waals surface area contributed by atoms with Crippen LogP contribution in [0.3, 0.4) is 0 Å². The molecule has 0 saturated carbocycles. The van der Waals surface area contributed by atoms with Crippen LogP contribution in [0.15, 0.2) is 23.4 Å². The molecule has 0 aromatic carbocycles. The minimum Gasteiger partial charge on any atom is -0.481 e. The van der Waals surface area contributed by atoms with E-state index in [-0.39, 0.29) is 11.5 Å². The maximum atomic E-state index is 11.0. The van der Waals surface area contributed by atoms with Gasteiger partial charge in [0.05, 0.1) is 11.5 Å². The molecule has 88 valence electrons. The van der Waals surface area contributed by atoms with Crippen molar-refractivity contribution in [2.45, 2.75) is 6.92 Å². The van der Waals surface area contributed by atoms with E-state index in [1.165, 1.54) is 6.08 Å². The second-order valence-corrected chi connectivity index (χ2v) is 4.05. The zero-order valence-corrected chi connectivity index (χ0v) is 9.47. The highest BCUT2D eigenvalue weighted by Crippen LogP contribution is 2.29. The van der Waals surface area contributed by atoms with Gasteiger partial charge in [0.1, 0.15) is 0 Å². The minimum absolute atomic E-state index is 0.0514. The average molecular weight is 225 g/mol. The summed E-state index contributed by atoms with van der Waals surface area (Å²) in [6.45, 7) is 1.76. The third kappa shape index (κ3) is 2.24. The predicted molar refractivity (Wildman–Crippen MR) is 57.8 cm³/mol. The normalized spacial score (nSPS) is 24.4. The van der Waals surface area contributed by atoms with Crippen LogP contribution in [0.5, 0.6) is 0 Å². The van der Waals surface area contributed by atoms with Gasteiger partial charge in [-0.25, -0.2) is 4.79 Å². The molecule has 0 radical (unpaired) electrons. The average Bonchev–Trinajstić information content (AvgIpc) is 2.15. The molecule has 0 aliphatic heterocycles. The number of carboxylic acids is 2. The number of rotatable bonds is 3. The second kappa shape index (κ2) is 4.38. The monoisotopic (exact) mass is 225 g/mol. The van der Waals surface area contributed by atoms with Gasteiger partial charge in [-0.2, -0.15) is 0 Å². The van der Waals surface area contributed by atoms with Gasteiger partial charge in [-0.3, -0.25) is 4.79 Å². The summed E-state index contributed by atoms with van der Waals surface area (Å²) in [4.78, 5) is 23.6. The third-order valence-electron chi connectivity index (χ3n) is 2.61. The first-order valence-corrected chi connectivity index (χ1v) is 4.92. The zero-order valence-electron chi connectivity index (χ0n) is 9.47. The van der Waals surface area contributed by atoms with Crippen molar-refractivity contribution in [3.05, 3.63) is 23.4 Å². The van der Waals surface area contributed by atoms with Crippen molar-refractivity contribution < 1.29 is 19.8 Å². The van der Waals surface area contributed by atoms with Gasteiger partial charge in [0.2, 0.25) is 0 Å². The van der Waals surface area contributed by atoms with Gasteiger partial charge in [0, 0.05) is 19.8 Å². The van der Waals surface area contributed by atoms with Crippen LogP contribution in [0, 0.1) is 11.8 Å². The fourth-order valence-electron chi connectivity index (χ4n) is 1.73. The Morgan fingerprint density at radius 2 is 1.81 bits per heavy atom. The first-order chi connectivity index (χ1) is 7.34. The fraction of sp³-hybridized carbons (Fsp3) is 0.455. The topological polar surface area (TPSA) is 77.8 Å². The predicted octanol–water partition coefficient (Wildman–Crippen LogP) is 0.793. The molecule has 0 heterocycles. The Bertz CT molecular complexity index is 381. The number of nitrogens with zero attached hydrogens (tertiary/aromatic N) is 1. The number of carboxylic acid groups (broad SMARTS) is 2. The molecule has 0 spiro atoms. The smallest absolute Gasteiger partial charge is 0.337 e. The number of hydrogen-bond acceptors (Lipinski definition) is 3. The molecule has 1 aliphatic carbocycles. The van der Waals surface area contributed by atoms with Gasteiger partial charge in [0.25, 0.3) is 0 Å². The van der Waals surface area contributed by atoms with Crippen molar-refractivity contribution in [1.82, 2.24) is 4.90 Å². The fourth-order valence-corrected chi connectivity index (χ4v) is 1.73. The van der Waals surface area contributed by atoms with E-state index >= 15 is 0 Å². The summed E-state index contributed by atoms with van der Waals surface area (Å²) in [6.07, 6.45) is 2.99. The lowest BCUT2D eigenvalue weighted by atomic mass is 9.85. The Kier molecular flexibility index (Phi) is 3.37. The molecule has 1 aliphatic rings. The Morgan fingerprint density at radius 3 is 2.19 bits per heavy atom. The van der Waals surface area contributed by atoms with E-state index in [0.29, 0.717) is 5.70 Å². The first-order valence-electron chi connectivity index (χ1n) is 4.92. The summed E-state index contributed by atoms with van der Waals surface area (Å²) in [5.74, 6) is -3.08. The van der Waals surface area contributed by atoms with Crippen LogP contribution in [-0.2, 0) is 9.59 Å². The second-order valence-electron chi connectivity index (χ2n) is 4.05. The molecular weight excluding hydrogens is 210 g/mol. The zero-order chi connectivity index (χ0) is 12.5. The maximum Gasteiger partial charge on any atom is 0.337 e. The highest BCUT2D eigenvalue weighted by Gasteiger charge is 2.30. The van der Waals surface area contributed by atoms with Crippen LogP contribution >= 0.6 is 0 Å². The van der Waals surface area contributed by atoms with Gasteiger partial charge in [0.15, 0.2) is 0 Å². The van der Waals surface area contributed by atoms with Crippen LogP contribution in [0.4, 0.5) is 0 Å². The Labute approximate surface area is 93.7 Å². The molecule has 0 aromatic heterocycles. The lowest BCUT2D eigenvalue weighted by Gasteiger charge is -2.26. The largest absolute Gasteiger partial charge is 0.481 e. The Balaban J connectivity index is 3.16. The summed E-state index contributed by atoms with van der Waals surface area (Å²) in [6, 6.07) is 0. The molecule has 16 heavy (non-hydrogen) atoms. The third-order valence-corrected chi connectivity index (χ3v) is 2.61. The lowest BCUT2D eigenvalue weighted by molar-refractivity contribution is -0.141. The van der Waals surface area contributed by atoms with Gasteiger partial charge in [-0.05, 0) is 5.92 Å². The summed E-state index contributed by atoms with van der Waals surface area (Å²) in [5.41, 5.74) is 0.605. The van der Waals surface area contributed by atoms with Crippen molar-refractivity contribution >= 4 is 11.9 Å². The van der Waals surface area contributed by atoms with E-state index in [9.17, 15) is 9.59 Å². The Hall–Kier alpha value is -1.78. The van der Waals surface area contributed by atoms with Crippen LogP contribution < -0.4 is 0 Å². The van der Waals surface area contributed by atoms with E-state index in [2.05, 4.69) is 0 Å². The van der Waals surface area contributed by atoms with E-state index in [1.807, 2.05) is 0 Å². The van der Waals surface area contributed by atoms with Crippen molar-refractivity contribution in [1.29, 1.82) is 0 Å². The highest BCUT2D eigenvalue weighted by atomic mass is 16.4. The Morgan fingerprint density at radius 1 is 1.25 bits per heavy atom. The van der Waals surface area contributed by atoms with Crippen molar-refractivity contribution in [3.8, 4) is 0 Å². The summed E-state index contributed by atoms with van der Waals surface area (Å²) >= 11 is 0. The van der Waals surface area contributed by atoms with Crippen molar-refractivity contribution in [2.75, 3.05) is 14.1 Å². The van der Waals surface area contributed by atoms with E-state index in [0.717, 1.165) is 0 Å². The molecule has 5 heteroatoms. The SMILES string of the molecule is CC1C=C(N(C)C)C(C(=O)O)=CC1C(=O)O. The summed E-state index contributed by atoms with van der Waals surface area (Å²) < 4.78 is 0. The lowest BCUT2D eigenvalue weighted by Crippen LogP contribution is -2.28. The molecule has 0 bridgehead atoms. The van der Waals surface area contributed by atoms with Gasteiger partial charge < -0.3 is 15.1 Å². The summed E-state index contributed by atoms with van der Waals surface area (Å²) in [7, 11) is 3.47. The van der Waals surface area contributed by atoms with Crippen LogP contribution in [-0.4, -0.2) is 41.1 Å². The van der Waals surface area contributed by atoms with Gasteiger partial charge >= 0.3 is 11.9 Å². The molecule has 0 aromatic rings. The van der Waals surface area contributed by atoms with Crippen LogP contribution in [0.1, 0.15) is 6.92 Å². The van der Waals surface area contributed by atoms with Gasteiger partial charge in [-0.15, -0.1) is 0 Å². The number of hydrogen-bond donors (Lipinski definition) is 2. The van der Waals surface area contributed by atoms with Crippen LogP contribution in [0.25, 0.3) is 0 Å². The molecule has 2 N–H and O–H groups in total. The quantitative estimate of drug-likeness (QED) is 0.742. The summed E-state index contributed by atoms with van der Waals surface area (Å²) in [5, 5.41) is 18.0. The van der Waals surface area contributed by atoms with E-state index < -0.39 is 17.9 Å². The molecule has 0 amide bonds. The van der Waals surface area contributed by atoms with Crippen molar-refractivity contribution in [2.24, 2.45) is 11.8 Å². The molecule has 2 unspecified atom stereocenters. The van der Waals surface area contributed by atoms with Crippen LogP contribution in [0.2, 0.25) is 0 Å². The number of carbonyl (C=O) groups is 2. The minimum atomic E-state index is -1.10.